The molecule has 1 aromatic heterocycles. The third-order valence-electron chi connectivity index (χ3n) is 5.25. The Kier molecular flexibility index (Phi) is 5.22. The molecule has 6 heteroatoms. The smallest absolute Gasteiger partial charge is 0.369 e. The van der Waals surface area contributed by atoms with Crippen molar-refractivity contribution in [1.82, 2.24) is 9.88 Å². The van der Waals surface area contributed by atoms with Gasteiger partial charge in [0.25, 0.3) is 0 Å². The van der Waals surface area contributed by atoms with E-state index in [0.29, 0.717) is 5.69 Å². The Labute approximate surface area is 162 Å². The monoisotopic (exact) mass is 385 g/mol. The van der Waals surface area contributed by atoms with Crippen LogP contribution in [-0.4, -0.2) is 42.6 Å². The van der Waals surface area contributed by atoms with Crippen LogP contribution >= 0.6 is 0 Å². The molecule has 0 aliphatic carbocycles. The molecule has 1 aliphatic rings. The first-order chi connectivity index (χ1) is 13.5. The fourth-order valence-corrected chi connectivity index (χ4v) is 3.63. The highest BCUT2D eigenvalue weighted by Gasteiger charge is 2.31. The lowest BCUT2D eigenvalue weighted by molar-refractivity contribution is -0.137. The minimum atomic E-state index is -4.30. The van der Waals surface area contributed by atoms with Crippen LogP contribution in [0.15, 0.2) is 60.7 Å². The fourth-order valence-electron chi connectivity index (χ4n) is 3.63. The summed E-state index contributed by atoms with van der Waals surface area (Å²) in [5.74, 6) is 0. The maximum absolute atomic E-state index is 12.9. The SMILES string of the molecule is FC(F)(F)c1cccc(N2CCN(CCc3ccc4ccccc4n3)CC2)c1. The molecule has 0 N–H and O–H groups in total. The predicted molar refractivity (Wildman–Crippen MR) is 106 cm³/mol. The first kappa shape index (κ1) is 18.7. The third kappa shape index (κ3) is 4.28. The summed E-state index contributed by atoms with van der Waals surface area (Å²) < 4.78 is 38.8. The van der Waals surface area contributed by atoms with Crippen LogP contribution in [0.1, 0.15) is 11.3 Å². The van der Waals surface area contributed by atoms with E-state index in [1.165, 1.54) is 12.1 Å². The highest BCUT2D eigenvalue weighted by molar-refractivity contribution is 5.78. The van der Waals surface area contributed by atoms with E-state index < -0.39 is 11.7 Å². The zero-order valence-electron chi connectivity index (χ0n) is 15.5. The summed E-state index contributed by atoms with van der Waals surface area (Å²) in [5, 5.41) is 1.14. The number of pyridine rings is 1. The predicted octanol–water partition coefficient (Wildman–Crippen LogP) is 4.62. The molecule has 2 heterocycles. The van der Waals surface area contributed by atoms with Gasteiger partial charge in [-0.25, -0.2) is 0 Å². The van der Waals surface area contributed by atoms with Crippen LogP contribution in [-0.2, 0) is 12.6 Å². The second-order valence-electron chi connectivity index (χ2n) is 7.12. The topological polar surface area (TPSA) is 19.4 Å². The van der Waals surface area contributed by atoms with Gasteiger partial charge in [-0.05, 0) is 30.3 Å². The molecule has 2 aromatic carbocycles. The molecule has 0 spiro atoms. The quantitative estimate of drug-likeness (QED) is 0.653. The molecule has 3 nitrogen and oxygen atoms in total. The second kappa shape index (κ2) is 7.80. The maximum Gasteiger partial charge on any atom is 0.416 e. The normalized spacial score (nSPS) is 15.9. The van der Waals surface area contributed by atoms with Crippen molar-refractivity contribution in [2.75, 3.05) is 37.6 Å². The summed E-state index contributed by atoms with van der Waals surface area (Å²) in [5.41, 5.74) is 2.13. The molecule has 4 rings (SSSR count). The minimum Gasteiger partial charge on any atom is -0.369 e. The van der Waals surface area contributed by atoms with E-state index in [9.17, 15) is 13.2 Å². The van der Waals surface area contributed by atoms with Gasteiger partial charge in [0, 0.05) is 55.9 Å². The number of hydrogen-bond donors (Lipinski definition) is 0. The number of nitrogens with zero attached hydrogens (tertiary/aromatic N) is 3. The first-order valence-electron chi connectivity index (χ1n) is 9.48. The first-order valence-corrected chi connectivity index (χ1v) is 9.48. The van der Waals surface area contributed by atoms with Crippen molar-refractivity contribution in [3.05, 3.63) is 71.9 Å². The van der Waals surface area contributed by atoms with E-state index >= 15 is 0 Å². The molecular weight excluding hydrogens is 363 g/mol. The second-order valence-corrected chi connectivity index (χ2v) is 7.12. The summed E-state index contributed by atoms with van der Waals surface area (Å²) >= 11 is 0. The fraction of sp³-hybridized carbons (Fsp3) is 0.318. The third-order valence-corrected chi connectivity index (χ3v) is 5.25. The van der Waals surface area contributed by atoms with Crippen molar-refractivity contribution >= 4 is 16.6 Å². The molecule has 146 valence electrons. The lowest BCUT2D eigenvalue weighted by Gasteiger charge is -2.36. The largest absolute Gasteiger partial charge is 0.416 e. The summed E-state index contributed by atoms with van der Waals surface area (Å²) in [7, 11) is 0. The van der Waals surface area contributed by atoms with Crippen molar-refractivity contribution < 1.29 is 13.2 Å². The Hall–Kier alpha value is -2.60. The number of piperazine rings is 1. The van der Waals surface area contributed by atoms with Crippen molar-refractivity contribution in [3.63, 3.8) is 0 Å². The molecule has 0 saturated carbocycles. The highest BCUT2D eigenvalue weighted by atomic mass is 19.4. The average Bonchev–Trinajstić information content (AvgIpc) is 2.72. The lowest BCUT2D eigenvalue weighted by atomic mass is 10.1. The van der Waals surface area contributed by atoms with E-state index in [4.69, 9.17) is 4.98 Å². The van der Waals surface area contributed by atoms with Gasteiger partial charge in [0.15, 0.2) is 0 Å². The molecule has 0 unspecified atom stereocenters. The molecule has 0 amide bonds. The van der Waals surface area contributed by atoms with Crippen molar-refractivity contribution in [2.45, 2.75) is 12.6 Å². The molecule has 1 aliphatic heterocycles. The number of fused-ring (bicyclic) bond motifs is 1. The summed E-state index contributed by atoms with van der Waals surface area (Å²) in [4.78, 5) is 9.09. The number of halogens is 3. The Balaban J connectivity index is 1.33. The molecule has 0 radical (unpaired) electrons. The van der Waals surface area contributed by atoms with Crippen LogP contribution in [0.5, 0.6) is 0 Å². The van der Waals surface area contributed by atoms with E-state index in [1.54, 1.807) is 6.07 Å². The molecule has 28 heavy (non-hydrogen) atoms. The summed E-state index contributed by atoms with van der Waals surface area (Å²) in [6, 6.07) is 17.8. The van der Waals surface area contributed by atoms with E-state index in [1.807, 2.05) is 23.1 Å². The summed E-state index contributed by atoms with van der Waals surface area (Å²) in [6.07, 6.45) is -3.43. The molecule has 0 bridgehead atoms. The van der Waals surface area contributed by atoms with Gasteiger partial charge in [-0.1, -0.05) is 30.3 Å². The molecule has 1 fully saturated rings. The van der Waals surface area contributed by atoms with Crippen molar-refractivity contribution in [2.24, 2.45) is 0 Å². The standard InChI is InChI=1S/C22H22F3N3/c23-22(24,25)18-5-3-6-20(16-18)28-14-12-27(13-15-28)11-10-19-9-8-17-4-1-2-7-21(17)26-19/h1-9,16H,10-15H2. The van der Waals surface area contributed by atoms with Gasteiger partial charge in [0.1, 0.15) is 0 Å². The van der Waals surface area contributed by atoms with Crippen LogP contribution in [0.4, 0.5) is 18.9 Å². The zero-order chi connectivity index (χ0) is 19.6. The number of alkyl halides is 3. The molecule has 0 atom stereocenters. The van der Waals surface area contributed by atoms with Gasteiger partial charge >= 0.3 is 6.18 Å². The molecule has 3 aromatic rings. The van der Waals surface area contributed by atoms with Gasteiger partial charge in [-0.3, -0.25) is 9.88 Å². The number of para-hydroxylation sites is 1. The Morgan fingerprint density at radius 3 is 2.43 bits per heavy atom. The Morgan fingerprint density at radius 1 is 0.857 bits per heavy atom. The van der Waals surface area contributed by atoms with Crippen LogP contribution in [0.25, 0.3) is 10.9 Å². The Morgan fingerprint density at radius 2 is 1.64 bits per heavy atom. The van der Waals surface area contributed by atoms with Gasteiger partial charge in [-0.15, -0.1) is 0 Å². The van der Waals surface area contributed by atoms with Gasteiger partial charge in [-0.2, -0.15) is 13.2 Å². The van der Waals surface area contributed by atoms with Crippen LogP contribution in [0, 0.1) is 0 Å². The average molecular weight is 385 g/mol. The maximum atomic E-state index is 12.9. The van der Waals surface area contributed by atoms with Crippen LogP contribution in [0.2, 0.25) is 0 Å². The van der Waals surface area contributed by atoms with Gasteiger partial charge < -0.3 is 4.90 Å². The number of benzene rings is 2. The van der Waals surface area contributed by atoms with E-state index in [-0.39, 0.29) is 0 Å². The zero-order valence-corrected chi connectivity index (χ0v) is 15.5. The van der Waals surface area contributed by atoms with Crippen LogP contribution < -0.4 is 4.90 Å². The molecule has 1 saturated heterocycles. The van der Waals surface area contributed by atoms with Gasteiger partial charge in [0.05, 0.1) is 11.1 Å². The Bertz CT molecular complexity index is 947. The van der Waals surface area contributed by atoms with Crippen molar-refractivity contribution in [1.29, 1.82) is 0 Å². The van der Waals surface area contributed by atoms with Crippen LogP contribution in [0.3, 0.4) is 0 Å². The minimum absolute atomic E-state index is 0.588. The van der Waals surface area contributed by atoms with Gasteiger partial charge in [0.2, 0.25) is 0 Å². The van der Waals surface area contributed by atoms with E-state index in [0.717, 1.165) is 61.8 Å². The van der Waals surface area contributed by atoms with E-state index in [2.05, 4.69) is 23.1 Å². The molecular formula is C22H22F3N3. The number of rotatable bonds is 4. The number of aromatic nitrogens is 1. The number of hydrogen-bond acceptors (Lipinski definition) is 3. The lowest BCUT2D eigenvalue weighted by Crippen LogP contribution is -2.47. The number of anilines is 1. The summed E-state index contributed by atoms with van der Waals surface area (Å²) in [6.45, 7) is 4.04. The highest BCUT2D eigenvalue weighted by Crippen LogP contribution is 2.31. The van der Waals surface area contributed by atoms with Crippen molar-refractivity contribution in [3.8, 4) is 0 Å².